The molecule has 0 saturated heterocycles. The van der Waals surface area contributed by atoms with Crippen LogP contribution in [0, 0.1) is 6.92 Å². The first kappa shape index (κ1) is 17.0. The first-order valence-electron chi connectivity index (χ1n) is 7.51. The number of aromatic nitrogens is 4. The van der Waals surface area contributed by atoms with E-state index in [-0.39, 0.29) is 23.3 Å². The number of halogens is 1. The van der Waals surface area contributed by atoms with E-state index < -0.39 is 5.97 Å². The molecular weight excluding hydrogens is 346 g/mol. The molecule has 0 atom stereocenters. The summed E-state index contributed by atoms with van der Waals surface area (Å²) < 4.78 is 5.81. The van der Waals surface area contributed by atoms with Gasteiger partial charge in [-0.25, -0.2) is 4.98 Å². The van der Waals surface area contributed by atoms with Crippen molar-refractivity contribution in [2.75, 3.05) is 12.4 Å². The summed E-state index contributed by atoms with van der Waals surface area (Å²) in [6.45, 7) is 2.14. The zero-order valence-corrected chi connectivity index (χ0v) is 14.4. The molecule has 0 radical (unpaired) electrons. The Labute approximate surface area is 147 Å². The molecule has 3 rings (SSSR count). The molecule has 0 aliphatic heterocycles. The van der Waals surface area contributed by atoms with Crippen molar-refractivity contribution < 1.29 is 9.53 Å². The Kier molecular flexibility index (Phi) is 4.71. The average Bonchev–Trinajstić information content (AvgIpc) is 2.99. The van der Waals surface area contributed by atoms with Crippen LogP contribution >= 0.6 is 11.6 Å². The number of benzene rings is 1. The zero-order valence-electron chi connectivity index (χ0n) is 13.7. The van der Waals surface area contributed by atoms with Crippen LogP contribution in [0.4, 0.5) is 5.95 Å². The van der Waals surface area contributed by atoms with Crippen LogP contribution in [0.15, 0.2) is 29.1 Å². The van der Waals surface area contributed by atoms with E-state index in [1.54, 1.807) is 13.0 Å². The number of aryl methyl sites for hydroxylation is 1. The molecule has 2 N–H and O–H groups in total. The Bertz CT molecular complexity index is 995. The fraction of sp³-hybridized carbons (Fsp3) is 0.250. The highest BCUT2D eigenvalue weighted by Crippen LogP contribution is 2.12. The molecule has 0 bridgehead atoms. The van der Waals surface area contributed by atoms with Crippen LogP contribution in [0.25, 0.3) is 5.78 Å². The maximum absolute atomic E-state index is 12.5. The Hall–Kier alpha value is -2.87. The Morgan fingerprint density at radius 1 is 1.40 bits per heavy atom. The molecule has 3 aromatic rings. The Morgan fingerprint density at radius 2 is 2.20 bits per heavy atom. The number of H-pyrrole nitrogens is 1. The molecule has 0 aliphatic rings. The summed E-state index contributed by atoms with van der Waals surface area (Å²) in [5.74, 6) is 0.115. The predicted octanol–water partition coefficient (Wildman–Crippen LogP) is 1.71. The maximum atomic E-state index is 12.5. The summed E-state index contributed by atoms with van der Waals surface area (Å²) in [7, 11) is 1.27. The molecule has 9 heteroatoms. The van der Waals surface area contributed by atoms with Gasteiger partial charge in [0.2, 0.25) is 5.95 Å². The monoisotopic (exact) mass is 361 g/mol. The standard InChI is InChI=1S/C16H16ClN5O3/c1-9-12(7-13(23)25-2)14(24)22-16(19-9)20-15(21-22)18-8-10-4-3-5-11(17)6-10/h3-6H,7-8H2,1-2H3,(H2,18,19,20,21). The van der Waals surface area contributed by atoms with Crippen molar-refractivity contribution in [3.05, 3.63) is 56.5 Å². The highest BCUT2D eigenvalue weighted by Gasteiger charge is 2.16. The lowest BCUT2D eigenvalue weighted by atomic mass is 10.2. The van der Waals surface area contributed by atoms with Gasteiger partial charge in [-0.3, -0.25) is 14.7 Å². The van der Waals surface area contributed by atoms with Gasteiger partial charge in [-0.2, -0.15) is 9.50 Å². The molecule has 0 amide bonds. The molecule has 2 heterocycles. The van der Waals surface area contributed by atoms with Crippen molar-refractivity contribution in [3.8, 4) is 0 Å². The molecule has 0 saturated carbocycles. The third kappa shape index (κ3) is 3.63. The summed E-state index contributed by atoms with van der Waals surface area (Å²) in [6.07, 6.45) is -0.137. The number of rotatable bonds is 5. The van der Waals surface area contributed by atoms with Gasteiger partial charge in [0.1, 0.15) is 0 Å². The third-order valence-corrected chi connectivity index (χ3v) is 3.93. The van der Waals surface area contributed by atoms with Crippen LogP contribution in [0.1, 0.15) is 16.8 Å². The van der Waals surface area contributed by atoms with Crippen LogP contribution in [0.2, 0.25) is 5.02 Å². The Morgan fingerprint density at radius 3 is 2.92 bits per heavy atom. The largest absolute Gasteiger partial charge is 0.469 e. The second-order valence-corrected chi connectivity index (χ2v) is 5.86. The van der Waals surface area contributed by atoms with Gasteiger partial charge in [0.05, 0.1) is 24.8 Å². The van der Waals surface area contributed by atoms with E-state index in [1.807, 2.05) is 18.2 Å². The number of anilines is 1. The summed E-state index contributed by atoms with van der Waals surface area (Å²) >= 11 is 5.96. The van der Waals surface area contributed by atoms with Crippen LogP contribution in [-0.4, -0.2) is 32.7 Å². The zero-order chi connectivity index (χ0) is 18.0. The number of aromatic amines is 1. The van der Waals surface area contributed by atoms with Gasteiger partial charge in [-0.1, -0.05) is 23.7 Å². The summed E-state index contributed by atoms with van der Waals surface area (Å²) in [6, 6.07) is 7.40. The van der Waals surface area contributed by atoms with Crippen molar-refractivity contribution in [1.82, 2.24) is 19.6 Å². The van der Waals surface area contributed by atoms with Crippen molar-refractivity contribution in [2.45, 2.75) is 19.9 Å². The van der Waals surface area contributed by atoms with Gasteiger partial charge in [0, 0.05) is 11.6 Å². The van der Waals surface area contributed by atoms with Crippen LogP contribution in [-0.2, 0) is 22.5 Å². The number of nitrogens with one attached hydrogen (secondary N) is 2. The number of ether oxygens (including phenoxy) is 1. The average molecular weight is 362 g/mol. The summed E-state index contributed by atoms with van der Waals surface area (Å²) in [5, 5.41) is 6.56. The van der Waals surface area contributed by atoms with Crippen LogP contribution in [0.3, 0.4) is 0 Å². The molecule has 0 fully saturated rings. The lowest BCUT2D eigenvalue weighted by Crippen LogP contribution is -2.24. The first-order chi connectivity index (χ1) is 12.0. The van der Waals surface area contributed by atoms with E-state index >= 15 is 0 Å². The van der Waals surface area contributed by atoms with E-state index in [1.165, 1.54) is 11.6 Å². The summed E-state index contributed by atoms with van der Waals surface area (Å²) in [4.78, 5) is 32.5. The van der Waals surface area contributed by atoms with Gasteiger partial charge in [0.15, 0.2) is 0 Å². The quantitative estimate of drug-likeness (QED) is 0.671. The number of nitrogens with zero attached hydrogens (tertiary/aromatic N) is 3. The van der Waals surface area contributed by atoms with Crippen LogP contribution < -0.4 is 10.9 Å². The van der Waals surface area contributed by atoms with Crippen molar-refractivity contribution in [2.24, 2.45) is 0 Å². The van der Waals surface area contributed by atoms with E-state index in [0.717, 1.165) is 5.56 Å². The van der Waals surface area contributed by atoms with E-state index in [2.05, 4.69) is 25.1 Å². The number of hydrogen-bond donors (Lipinski definition) is 2. The number of carbonyl (C=O) groups is 1. The molecule has 8 nitrogen and oxygen atoms in total. The molecular formula is C16H16ClN5O3. The fourth-order valence-corrected chi connectivity index (χ4v) is 2.60. The minimum atomic E-state index is -0.499. The van der Waals surface area contributed by atoms with Gasteiger partial charge in [0.25, 0.3) is 11.3 Å². The van der Waals surface area contributed by atoms with Gasteiger partial charge in [-0.05, 0) is 24.6 Å². The minimum Gasteiger partial charge on any atom is -0.469 e. The molecule has 25 heavy (non-hydrogen) atoms. The number of methoxy groups -OCH3 is 1. The second kappa shape index (κ2) is 6.94. The topological polar surface area (TPSA) is 101 Å². The number of fused-ring (bicyclic) bond motifs is 1. The predicted molar refractivity (Wildman–Crippen MR) is 92.8 cm³/mol. The highest BCUT2D eigenvalue weighted by molar-refractivity contribution is 6.30. The van der Waals surface area contributed by atoms with E-state index in [4.69, 9.17) is 11.6 Å². The number of carbonyl (C=O) groups excluding carboxylic acids is 1. The molecule has 0 spiro atoms. The Balaban J connectivity index is 1.88. The number of hydrogen-bond acceptors (Lipinski definition) is 6. The molecule has 130 valence electrons. The van der Waals surface area contributed by atoms with E-state index in [0.29, 0.717) is 23.2 Å². The molecule has 2 aromatic heterocycles. The van der Waals surface area contributed by atoms with Gasteiger partial charge < -0.3 is 10.1 Å². The molecule has 1 aromatic carbocycles. The third-order valence-electron chi connectivity index (χ3n) is 3.69. The highest BCUT2D eigenvalue weighted by atomic mass is 35.5. The van der Waals surface area contributed by atoms with Crippen molar-refractivity contribution >= 4 is 29.3 Å². The van der Waals surface area contributed by atoms with Gasteiger partial charge in [-0.15, -0.1) is 0 Å². The van der Waals surface area contributed by atoms with E-state index in [9.17, 15) is 9.59 Å². The smallest absolute Gasteiger partial charge is 0.310 e. The SMILES string of the molecule is COC(=O)Cc1c(C)nc2nc(NCc3cccc(Cl)c3)[nH]n2c1=O. The fourth-order valence-electron chi connectivity index (χ4n) is 2.39. The second-order valence-electron chi connectivity index (χ2n) is 5.42. The number of esters is 1. The first-order valence-corrected chi connectivity index (χ1v) is 7.89. The van der Waals surface area contributed by atoms with Crippen LogP contribution in [0.5, 0.6) is 0 Å². The van der Waals surface area contributed by atoms with Gasteiger partial charge >= 0.3 is 5.97 Å². The molecule has 0 unspecified atom stereocenters. The van der Waals surface area contributed by atoms with Crippen molar-refractivity contribution in [1.29, 1.82) is 0 Å². The summed E-state index contributed by atoms with van der Waals surface area (Å²) in [5.41, 5.74) is 1.31. The minimum absolute atomic E-state index is 0.137. The maximum Gasteiger partial charge on any atom is 0.310 e. The lowest BCUT2D eigenvalue weighted by molar-refractivity contribution is -0.139. The molecule has 0 aliphatic carbocycles. The normalized spacial score (nSPS) is 10.8. The van der Waals surface area contributed by atoms with Crippen molar-refractivity contribution in [3.63, 3.8) is 0 Å². The lowest BCUT2D eigenvalue weighted by Gasteiger charge is -2.03.